The second-order valence-electron chi connectivity index (χ2n) is 5.17. The Morgan fingerprint density at radius 2 is 2.17 bits per heavy atom. The van der Waals surface area contributed by atoms with Gasteiger partial charge in [-0.25, -0.2) is 0 Å². The minimum atomic E-state index is 0.559. The number of halogens is 1. The van der Waals surface area contributed by atoms with E-state index in [9.17, 15) is 0 Å². The van der Waals surface area contributed by atoms with Crippen molar-refractivity contribution in [3.8, 4) is 0 Å². The SMILES string of the molecule is CCC1CCCN(c2ccc(Cl)cc2CN)CC1. The summed E-state index contributed by atoms with van der Waals surface area (Å²) in [4.78, 5) is 2.48. The number of nitrogens with two attached hydrogens (primary N) is 1. The van der Waals surface area contributed by atoms with Crippen molar-refractivity contribution in [2.75, 3.05) is 18.0 Å². The molecule has 1 aromatic carbocycles. The highest BCUT2D eigenvalue weighted by atomic mass is 35.5. The monoisotopic (exact) mass is 266 g/mol. The van der Waals surface area contributed by atoms with E-state index in [0.29, 0.717) is 6.54 Å². The molecule has 0 aromatic heterocycles. The van der Waals surface area contributed by atoms with E-state index in [-0.39, 0.29) is 0 Å². The van der Waals surface area contributed by atoms with Crippen LogP contribution in [0.5, 0.6) is 0 Å². The first-order valence-electron chi connectivity index (χ1n) is 6.98. The third-order valence-electron chi connectivity index (χ3n) is 4.03. The summed E-state index contributed by atoms with van der Waals surface area (Å²) in [7, 11) is 0. The summed E-state index contributed by atoms with van der Waals surface area (Å²) >= 11 is 6.04. The fourth-order valence-electron chi connectivity index (χ4n) is 2.84. The molecule has 0 aliphatic carbocycles. The van der Waals surface area contributed by atoms with Gasteiger partial charge in [-0.1, -0.05) is 24.9 Å². The van der Waals surface area contributed by atoms with Crippen molar-refractivity contribution in [2.24, 2.45) is 11.7 Å². The van der Waals surface area contributed by atoms with Crippen molar-refractivity contribution >= 4 is 17.3 Å². The second kappa shape index (κ2) is 6.44. The molecule has 3 heteroatoms. The zero-order valence-corrected chi connectivity index (χ0v) is 11.9. The van der Waals surface area contributed by atoms with Crippen LogP contribution in [0.2, 0.25) is 5.02 Å². The lowest BCUT2D eigenvalue weighted by Gasteiger charge is -2.25. The molecule has 0 radical (unpaired) electrons. The highest BCUT2D eigenvalue weighted by Gasteiger charge is 2.17. The van der Waals surface area contributed by atoms with Crippen LogP contribution in [-0.4, -0.2) is 13.1 Å². The van der Waals surface area contributed by atoms with Crippen LogP contribution < -0.4 is 10.6 Å². The third kappa shape index (κ3) is 3.18. The van der Waals surface area contributed by atoms with E-state index in [1.54, 1.807) is 0 Å². The van der Waals surface area contributed by atoms with Gasteiger partial charge >= 0.3 is 0 Å². The lowest BCUT2D eigenvalue weighted by atomic mass is 9.98. The van der Waals surface area contributed by atoms with Gasteiger partial charge in [-0.15, -0.1) is 0 Å². The van der Waals surface area contributed by atoms with Gasteiger partial charge in [0.2, 0.25) is 0 Å². The maximum Gasteiger partial charge on any atom is 0.0412 e. The molecule has 1 heterocycles. The molecule has 18 heavy (non-hydrogen) atoms. The molecule has 2 nitrogen and oxygen atoms in total. The number of benzene rings is 1. The quantitative estimate of drug-likeness (QED) is 0.901. The number of rotatable bonds is 3. The first-order valence-corrected chi connectivity index (χ1v) is 7.35. The third-order valence-corrected chi connectivity index (χ3v) is 4.26. The van der Waals surface area contributed by atoms with Crippen LogP contribution in [-0.2, 0) is 6.54 Å². The zero-order valence-electron chi connectivity index (χ0n) is 11.2. The van der Waals surface area contributed by atoms with Gasteiger partial charge in [0.15, 0.2) is 0 Å². The summed E-state index contributed by atoms with van der Waals surface area (Å²) in [6.07, 6.45) is 5.24. The van der Waals surface area contributed by atoms with E-state index in [4.69, 9.17) is 17.3 Å². The van der Waals surface area contributed by atoms with Gasteiger partial charge in [0, 0.05) is 30.3 Å². The van der Waals surface area contributed by atoms with Gasteiger partial charge in [-0.05, 0) is 48.9 Å². The Morgan fingerprint density at radius 3 is 2.89 bits per heavy atom. The molecule has 1 aliphatic rings. The van der Waals surface area contributed by atoms with E-state index < -0.39 is 0 Å². The van der Waals surface area contributed by atoms with E-state index in [2.05, 4.69) is 17.9 Å². The predicted octanol–water partition coefficient (Wildman–Crippen LogP) is 3.82. The fourth-order valence-corrected chi connectivity index (χ4v) is 3.04. The number of hydrogen-bond acceptors (Lipinski definition) is 2. The largest absolute Gasteiger partial charge is 0.371 e. The molecular weight excluding hydrogens is 244 g/mol. The lowest BCUT2D eigenvalue weighted by molar-refractivity contribution is 0.459. The number of anilines is 1. The predicted molar refractivity (Wildman–Crippen MR) is 79.2 cm³/mol. The first kappa shape index (κ1) is 13.7. The maximum atomic E-state index is 6.04. The van der Waals surface area contributed by atoms with E-state index in [0.717, 1.165) is 29.6 Å². The Morgan fingerprint density at radius 1 is 1.33 bits per heavy atom. The molecule has 1 aromatic rings. The van der Waals surface area contributed by atoms with E-state index in [1.807, 2.05) is 12.1 Å². The molecule has 0 saturated carbocycles. The van der Waals surface area contributed by atoms with Gasteiger partial charge in [-0.2, -0.15) is 0 Å². The van der Waals surface area contributed by atoms with Crippen LogP contribution in [0.4, 0.5) is 5.69 Å². The molecule has 0 spiro atoms. The van der Waals surface area contributed by atoms with Crippen molar-refractivity contribution in [2.45, 2.75) is 39.2 Å². The molecular formula is C15H23ClN2. The Balaban J connectivity index is 2.15. The van der Waals surface area contributed by atoms with Gasteiger partial charge in [0.1, 0.15) is 0 Å². The van der Waals surface area contributed by atoms with Gasteiger partial charge in [-0.3, -0.25) is 0 Å². The van der Waals surface area contributed by atoms with Gasteiger partial charge in [0.25, 0.3) is 0 Å². The standard InChI is InChI=1S/C15H23ClN2/c1-2-12-4-3-8-18(9-7-12)15-6-5-14(16)10-13(15)11-17/h5-6,10,12H,2-4,7-9,11,17H2,1H3. The minimum absolute atomic E-state index is 0.559. The van der Waals surface area contributed by atoms with Crippen LogP contribution in [0.3, 0.4) is 0 Å². The Bertz CT molecular complexity index is 392. The first-order chi connectivity index (χ1) is 8.74. The Kier molecular flexibility index (Phi) is 4.90. The van der Waals surface area contributed by atoms with Crippen molar-refractivity contribution < 1.29 is 0 Å². The summed E-state index contributed by atoms with van der Waals surface area (Å²) in [5.41, 5.74) is 8.27. The number of hydrogen-bond donors (Lipinski definition) is 1. The minimum Gasteiger partial charge on any atom is -0.371 e. The number of nitrogens with zero attached hydrogens (tertiary/aromatic N) is 1. The molecule has 2 rings (SSSR count). The Labute approximate surface area is 115 Å². The van der Waals surface area contributed by atoms with E-state index in [1.165, 1.54) is 31.4 Å². The van der Waals surface area contributed by atoms with Crippen LogP contribution >= 0.6 is 11.6 Å². The van der Waals surface area contributed by atoms with Crippen LogP contribution in [0.1, 0.15) is 38.2 Å². The average molecular weight is 267 g/mol. The molecule has 100 valence electrons. The maximum absolute atomic E-state index is 6.04. The van der Waals surface area contributed by atoms with Gasteiger partial charge in [0.05, 0.1) is 0 Å². The normalized spacial score (nSPS) is 20.8. The highest BCUT2D eigenvalue weighted by molar-refractivity contribution is 6.30. The molecule has 0 bridgehead atoms. The van der Waals surface area contributed by atoms with Crippen molar-refractivity contribution in [3.63, 3.8) is 0 Å². The summed E-state index contributed by atoms with van der Waals surface area (Å²) in [6, 6.07) is 6.09. The van der Waals surface area contributed by atoms with Crippen molar-refractivity contribution in [1.82, 2.24) is 0 Å². The van der Waals surface area contributed by atoms with Gasteiger partial charge < -0.3 is 10.6 Å². The smallest absolute Gasteiger partial charge is 0.0412 e. The molecule has 1 unspecified atom stereocenters. The Hall–Kier alpha value is -0.730. The van der Waals surface area contributed by atoms with Crippen LogP contribution in [0.15, 0.2) is 18.2 Å². The van der Waals surface area contributed by atoms with Crippen molar-refractivity contribution in [3.05, 3.63) is 28.8 Å². The molecule has 1 fully saturated rings. The lowest BCUT2D eigenvalue weighted by Crippen LogP contribution is -2.25. The summed E-state index contributed by atoms with van der Waals surface area (Å²) in [5, 5.41) is 0.778. The molecule has 1 aliphatic heterocycles. The van der Waals surface area contributed by atoms with Crippen LogP contribution in [0, 0.1) is 5.92 Å². The summed E-state index contributed by atoms with van der Waals surface area (Å²) in [6.45, 7) is 5.15. The molecule has 2 N–H and O–H groups in total. The topological polar surface area (TPSA) is 29.3 Å². The molecule has 1 atom stereocenters. The van der Waals surface area contributed by atoms with Crippen LogP contribution in [0.25, 0.3) is 0 Å². The van der Waals surface area contributed by atoms with E-state index >= 15 is 0 Å². The molecule has 0 amide bonds. The summed E-state index contributed by atoms with van der Waals surface area (Å²) in [5.74, 6) is 0.892. The molecule has 1 saturated heterocycles. The summed E-state index contributed by atoms with van der Waals surface area (Å²) < 4.78 is 0. The highest BCUT2D eigenvalue weighted by Crippen LogP contribution is 2.28. The average Bonchev–Trinajstić information content (AvgIpc) is 2.63. The zero-order chi connectivity index (χ0) is 13.0. The fraction of sp³-hybridized carbons (Fsp3) is 0.600. The second-order valence-corrected chi connectivity index (χ2v) is 5.61. The van der Waals surface area contributed by atoms with Crippen molar-refractivity contribution in [1.29, 1.82) is 0 Å².